The summed E-state index contributed by atoms with van der Waals surface area (Å²) in [6, 6.07) is 10.3. The van der Waals surface area contributed by atoms with Crippen LogP contribution in [0.3, 0.4) is 0 Å². The molecule has 0 bridgehead atoms. The number of amides is 1. The molecule has 1 aliphatic rings. The first-order chi connectivity index (χ1) is 14.8. The maximum Gasteiger partial charge on any atom is 0.226 e. The van der Waals surface area contributed by atoms with Crippen molar-refractivity contribution in [3.8, 4) is 0 Å². The number of aromatic nitrogens is 2. The number of ether oxygens (including phenoxy) is 1. The molecular weight excluding hydrogens is 392 g/mol. The smallest absolute Gasteiger partial charge is 0.226 e. The largest absolute Gasteiger partial charge is 0.379 e. The van der Waals surface area contributed by atoms with Crippen LogP contribution in [0.15, 0.2) is 34.9 Å². The third-order valence-corrected chi connectivity index (χ3v) is 5.59. The molecule has 1 aromatic carbocycles. The highest BCUT2D eigenvalue weighted by atomic mass is 16.5. The van der Waals surface area contributed by atoms with Gasteiger partial charge in [0.2, 0.25) is 11.8 Å². The third kappa shape index (κ3) is 7.14. The Hall–Kier alpha value is -2.25. The molecule has 0 radical (unpaired) electrons. The lowest BCUT2D eigenvalue weighted by Gasteiger charge is -2.35. The molecule has 0 aliphatic carbocycles. The first-order valence-corrected chi connectivity index (χ1v) is 11.3. The molecule has 1 amide bonds. The van der Waals surface area contributed by atoms with Crippen molar-refractivity contribution < 1.29 is 14.1 Å². The average molecular weight is 429 g/mol. The predicted octanol–water partition coefficient (Wildman–Crippen LogP) is 3.44. The molecule has 1 fully saturated rings. The van der Waals surface area contributed by atoms with Crippen molar-refractivity contribution in [1.29, 1.82) is 0 Å². The van der Waals surface area contributed by atoms with Crippen LogP contribution in [0.4, 0.5) is 0 Å². The van der Waals surface area contributed by atoms with E-state index >= 15 is 0 Å². The van der Waals surface area contributed by atoms with Gasteiger partial charge >= 0.3 is 0 Å². The molecule has 1 aromatic heterocycles. The lowest BCUT2D eigenvalue weighted by atomic mass is 9.96. The molecule has 3 rings (SSSR count). The van der Waals surface area contributed by atoms with Crippen LogP contribution in [0.5, 0.6) is 0 Å². The fourth-order valence-corrected chi connectivity index (χ4v) is 3.72. The zero-order valence-electron chi connectivity index (χ0n) is 19.3. The second-order valence-corrected chi connectivity index (χ2v) is 9.38. The van der Waals surface area contributed by atoms with E-state index in [0.29, 0.717) is 37.5 Å². The third-order valence-electron chi connectivity index (χ3n) is 5.59. The van der Waals surface area contributed by atoms with Crippen LogP contribution < -0.4 is 0 Å². The molecule has 0 saturated carbocycles. The van der Waals surface area contributed by atoms with Gasteiger partial charge in [0.25, 0.3) is 0 Å². The summed E-state index contributed by atoms with van der Waals surface area (Å²) in [4.78, 5) is 22.1. The summed E-state index contributed by atoms with van der Waals surface area (Å²) in [6.45, 7) is 13.2. The molecule has 1 atom stereocenters. The van der Waals surface area contributed by atoms with E-state index in [4.69, 9.17) is 9.26 Å². The van der Waals surface area contributed by atoms with Gasteiger partial charge in [-0.2, -0.15) is 4.98 Å². The fourth-order valence-electron chi connectivity index (χ4n) is 3.72. The van der Waals surface area contributed by atoms with Crippen LogP contribution in [-0.4, -0.2) is 64.7 Å². The average Bonchev–Trinajstić information content (AvgIpc) is 3.23. The molecule has 0 N–H and O–H groups in total. The van der Waals surface area contributed by atoms with E-state index in [1.807, 2.05) is 23.1 Å². The zero-order chi connectivity index (χ0) is 22.3. The Morgan fingerprint density at radius 3 is 2.55 bits per heavy atom. The lowest BCUT2D eigenvalue weighted by molar-refractivity contribution is -0.134. The van der Waals surface area contributed by atoms with Gasteiger partial charge in [0, 0.05) is 50.5 Å². The Kier molecular flexibility index (Phi) is 8.21. The highest BCUT2D eigenvalue weighted by Crippen LogP contribution is 2.19. The number of rotatable bonds is 9. The van der Waals surface area contributed by atoms with Crippen LogP contribution in [0.25, 0.3) is 0 Å². The van der Waals surface area contributed by atoms with Crippen LogP contribution in [-0.2, 0) is 27.9 Å². The number of hydrogen-bond acceptors (Lipinski definition) is 6. The first-order valence-electron chi connectivity index (χ1n) is 11.3. The minimum absolute atomic E-state index is 0.127. The van der Waals surface area contributed by atoms with Crippen molar-refractivity contribution >= 4 is 5.91 Å². The van der Waals surface area contributed by atoms with Crippen LogP contribution in [0.2, 0.25) is 0 Å². The Labute approximate surface area is 185 Å². The van der Waals surface area contributed by atoms with Gasteiger partial charge in [0.05, 0.1) is 13.2 Å². The number of nitrogens with zero attached hydrogens (tertiary/aromatic N) is 4. The molecule has 170 valence electrons. The predicted molar refractivity (Wildman–Crippen MR) is 120 cm³/mol. The van der Waals surface area contributed by atoms with Crippen LogP contribution >= 0.6 is 0 Å². The minimum atomic E-state index is -0.140. The molecule has 1 aliphatic heterocycles. The van der Waals surface area contributed by atoms with Crippen molar-refractivity contribution in [3.63, 3.8) is 0 Å². The van der Waals surface area contributed by atoms with Gasteiger partial charge in [-0.3, -0.25) is 9.69 Å². The molecule has 0 spiro atoms. The molecule has 2 aromatic rings. The topological polar surface area (TPSA) is 71.7 Å². The Bertz CT molecular complexity index is 810. The Balaban J connectivity index is 1.58. The summed E-state index contributed by atoms with van der Waals surface area (Å²) < 4.78 is 10.8. The monoisotopic (exact) mass is 428 g/mol. The van der Waals surface area contributed by atoms with E-state index in [-0.39, 0.29) is 17.4 Å². The van der Waals surface area contributed by atoms with E-state index in [1.54, 1.807) is 0 Å². The van der Waals surface area contributed by atoms with Gasteiger partial charge in [0.15, 0.2) is 5.82 Å². The fraction of sp³-hybridized carbons (Fsp3) is 0.625. The SMILES string of the molecule is CC(CN1CCOCC1)N(Cc1ccccc1)C(=O)CCCc1nc(C(C)(C)C)no1. The molecule has 7 heteroatoms. The van der Waals surface area contributed by atoms with Gasteiger partial charge in [-0.25, -0.2) is 0 Å². The minimum Gasteiger partial charge on any atom is -0.379 e. The maximum atomic E-state index is 13.2. The maximum absolute atomic E-state index is 13.2. The van der Waals surface area contributed by atoms with Crippen molar-refractivity contribution in [2.75, 3.05) is 32.8 Å². The molecule has 1 saturated heterocycles. The highest BCUT2D eigenvalue weighted by molar-refractivity contribution is 5.76. The van der Waals surface area contributed by atoms with E-state index in [9.17, 15) is 4.79 Å². The summed E-state index contributed by atoms with van der Waals surface area (Å²) in [5.41, 5.74) is 1.01. The summed E-state index contributed by atoms with van der Waals surface area (Å²) in [5, 5.41) is 4.07. The summed E-state index contributed by atoms with van der Waals surface area (Å²) >= 11 is 0. The number of carbonyl (C=O) groups excluding carboxylic acids is 1. The Morgan fingerprint density at radius 1 is 1.19 bits per heavy atom. The zero-order valence-corrected chi connectivity index (χ0v) is 19.3. The van der Waals surface area contributed by atoms with Gasteiger partial charge in [-0.1, -0.05) is 56.3 Å². The lowest BCUT2D eigenvalue weighted by Crippen LogP contribution is -2.47. The number of benzene rings is 1. The molecule has 7 nitrogen and oxygen atoms in total. The quantitative estimate of drug-likeness (QED) is 0.609. The van der Waals surface area contributed by atoms with E-state index < -0.39 is 0 Å². The second kappa shape index (κ2) is 10.9. The van der Waals surface area contributed by atoms with Crippen molar-refractivity contribution in [3.05, 3.63) is 47.6 Å². The standard InChI is InChI=1S/C24H36N4O3/c1-19(17-27-13-15-30-16-14-27)28(18-20-9-6-5-7-10-20)22(29)12-8-11-21-25-23(26-31-21)24(2,3)4/h5-7,9-10,19H,8,11-18H2,1-4H3. The summed E-state index contributed by atoms with van der Waals surface area (Å²) in [6.07, 6.45) is 1.78. The van der Waals surface area contributed by atoms with Gasteiger partial charge in [0.1, 0.15) is 0 Å². The van der Waals surface area contributed by atoms with Gasteiger partial charge < -0.3 is 14.2 Å². The first kappa shape index (κ1) is 23.4. The van der Waals surface area contributed by atoms with Crippen molar-refractivity contribution in [1.82, 2.24) is 19.9 Å². The number of carbonyl (C=O) groups is 1. The molecule has 2 heterocycles. The van der Waals surface area contributed by atoms with Gasteiger partial charge in [-0.15, -0.1) is 0 Å². The molecule has 1 unspecified atom stereocenters. The normalized spacial score (nSPS) is 16.3. The molecule has 31 heavy (non-hydrogen) atoms. The van der Waals surface area contributed by atoms with E-state index in [2.05, 4.69) is 54.9 Å². The highest BCUT2D eigenvalue weighted by Gasteiger charge is 2.24. The van der Waals surface area contributed by atoms with Crippen LogP contribution in [0.1, 0.15) is 57.8 Å². The summed E-state index contributed by atoms with van der Waals surface area (Å²) in [5.74, 6) is 1.48. The van der Waals surface area contributed by atoms with Gasteiger partial charge in [-0.05, 0) is 18.9 Å². The van der Waals surface area contributed by atoms with E-state index in [0.717, 1.165) is 38.4 Å². The van der Waals surface area contributed by atoms with Crippen molar-refractivity contribution in [2.24, 2.45) is 0 Å². The second-order valence-electron chi connectivity index (χ2n) is 9.38. The Morgan fingerprint density at radius 2 is 1.90 bits per heavy atom. The summed E-state index contributed by atoms with van der Waals surface area (Å²) in [7, 11) is 0. The number of morpholine rings is 1. The van der Waals surface area contributed by atoms with Crippen molar-refractivity contribution in [2.45, 2.75) is 65.0 Å². The van der Waals surface area contributed by atoms with Crippen LogP contribution in [0, 0.1) is 0 Å². The molecular formula is C24H36N4O3. The van der Waals surface area contributed by atoms with E-state index in [1.165, 1.54) is 0 Å². The number of hydrogen-bond donors (Lipinski definition) is 0. The number of aryl methyl sites for hydroxylation is 1.